The minimum absolute atomic E-state index is 0.0296. The number of nitrogens with one attached hydrogen (secondary N) is 1. The number of carbonyl (C=O) groups is 2. The van der Waals surface area contributed by atoms with E-state index in [0.717, 1.165) is 6.42 Å². The summed E-state index contributed by atoms with van der Waals surface area (Å²) in [5.74, 6) is -0.526. The number of urea groups is 1. The van der Waals surface area contributed by atoms with Gasteiger partial charge in [0, 0.05) is 19.1 Å². The molecule has 1 rings (SSSR count). The molecule has 6 heteroatoms. The Bertz CT molecular complexity index is 352. The molecule has 1 aliphatic heterocycles. The summed E-state index contributed by atoms with van der Waals surface area (Å²) in [5.41, 5.74) is 5.58. The molecule has 1 saturated heterocycles. The highest BCUT2D eigenvalue weighted by atomic mass is 16.4. The molecule has 1 aliphatic rings. The van der Waals surface area contributed by atoms with E-state index in [1.165, 1.54) is 0 Å². The van der Waals surface area contributed by atoms with Crippen molar-refractivity contribution >= 4 is 12.0 Å². The third-order valence-corrected chi connectivity index (χ3v) is 3.51. The number of hydrogen-bond donors (Lipinski definition) is 3. The van der Waals surface area contributed by atoms with E-state index in [4.69, 9.17) is 10.8 Å². The second-order valence-corrected chi connectivity index (χ2v) is 6.85. The lowest BCUT2D eigenvalue weighted by Gasteiger charge is -2.28. The molecule has 0 aromatic carbocycles. The number of likely N-dealkylation sites (tertiary alicyclic amines) is 1. The number of aliphatic carboxylic acids is 1. The topological polar surface area (TPSA) is 95.7 Å². The van der Waals surface area contributed by atoms with Gasteiger partial charge in [-0.1, -0.05) is 20.8 Å². The maximum Gasteiger partial charge on any atom is 0.317 e. The van der Waals surface area contributed by atoms with Crippen LogP contribution in [0.3, 0.4) is 0 Å². The molecule has 116 valence electrons. The van der Waals surface area contributed by atoms with E-state index in [9.17, 15) is 9.59 Å². The van der Waals surface area contributed by atoms with Crippen molar-refractivity contribution in [1.29, 1.82) is 0 Å². The van der Waals surface area contributed by atoms with E-state index < -0.39 is 5.97 Å². The first-order valence-electron chi connectivity index (χ1n) is 7.18. The molecular weight excluding hydrogens is 258 g/mol. The van der Waals surface area contributed by atoms with Crippen molar-refractivity contribution in [2.24, 2.45) is 17.1 Å². The van der Waals surface area contributed by atoms with E-state index in [0.29, 0.717) is 32.0 Å². The van der Waals surface area contributed by atoms with Gasteiger partial charge in [0.05, 0.1) is 6.42 Å². The Morgan fingerprint density at radius 1 is 1.45 bits per heavy atom. The van der Waals surface area contributed by atoms with Crippen molar-refractivity contribution in [1.82, 2.24) is 10.2 Å². The predicted octanol–water partition coefficient (Wildman–Crippen LogP) is 1.26. The van der Waals surface area contributed by atoms with Crippen LogP contribution in [0.25, 0.3) is 0 Å². The standard InChI is InChI=1S/C14H27N3O3/c1-14(2,3)7-11(6-12(18)19)16-13(20)17-5-4-10(8-15)9-17/h10-11H,4-9,15H2,1-3H3,(H,16,20)(H,18,19). The summed E-state index contributed by atoms with van der Waals surface area (Å²) in [6.07, 6.45) is 1.52. The molecule has 2 atom stereocenters. The van der Waals surface area contributed by atoms with Crippen molar-refractivity contribution in [2.45, 2.75) is 46.1 Å². The normalized spacial score (nSPS) is 20.8. The monoisotopic (exact) mass is 285 g/mol. The van der Waals surface area contributed by atoms with Gasteiger partial charge in [-0.05, 0) is 30.7 Å². The van der Waals surface area contributed by atoms with Gasteiger partial charge >= 0.3 is 12.0 Å². The zero-order chi connectivity index (χ0) is 15.3. The van der Waals surface area contributed by atoms with Crippen LogP contribution in [-0.4, -0.2) is 47.7 Å². The minimum Gasteiger partial charge on any atom is -0.481 e. The fourth-order valence-electron chi connectivity index (χ4n) is 2.60. The molecule has 2 amide bonds. The maximum absolute atomic E-state index is 12.2. The number of amides is 2. The molecule has 20 heavy (non-hydrogen) atoms. The van der Waals surface area contributed by atoms with Crippen molar-refractivity contribution in [3.8, 4) is 0 Å². The number of nitrogens with two attached hydrogens (primary N) is 1. The lowest BCUT2D eigenvalue weighted by Crippen LogP contribution is -2.46. The number of carboxylic acid groups (broad SMARTS) is 1. The first-order chi connectivity index (χ1) is 9.21. The number of nitrogens with zero attached hydrogens (tertiary/aromatic N) is 1. The number of carbonyl (C=O) groups excluding carboxylic acids is 1. The van der Waals surface area contributed by atoms with Crippen LogP contribution in [0.2, 0.25) is 0 Å². The Kier molecular flexibility index (Phi) is 5.80. The third-order valence-electron chi connectivity index (χ3n) is 3.51. The summed E-state index contributed by atoms with van der Waals surface area (Å²) in [5, 5.41) is 11.8. The summed E-state index contributed by atoms with van der Waals surface area (Å²) in [6, 6.07) is -0.506. The molecule has 0 spiro atoms. The molecule has 2 unspecified atom stereocenters. The van der Waals surface area contributed by atoms with E-state index in [1.807, 2.05) is 20.8 Å². The van der Waals surface area contributed by atoms with Crippen LogP contribution in [0.15, 0.2) is 0 Å². The summed E-state index contributed by atoms with van der Waals surface area (Å²) in [4.78, 5) is 24.8. The van der Waals surface area contributed by atoms with Gasteiger partial charge in [0.1, 0.15) is 0 Å². The molecule has 4 N–H and O–H groups in total. The largest absolute Gasteiger partial charge is 0.481 e. The first-order valence-corrected chi connectivity index (χ1v) is 7.18. The van der Waals surface area contributed by atoms with E-state index in [1.54, 1.807) is 4.90 Å². The van der Waals surface area contributed by atoms with Gasteiger partial charge in [-0.3, -0.25) is 4.79 Å². The lowest BCUT2D eigenvalue weighted by atomic mass is 9.87. The molecule has 0 aliphatic carbocycles. The third kappa shape index (κ3) is 5.77. The molecule has 1 heterocycles. The molecule has 0 bridgehead atoms. The van der Waals surface area contributed by atoms with Gasteiger partial charge < -0.3 is 21.1 Å². The zero-order valence-electron chi connectivity index (χ0n) is 12.7. The average molecular weight is 285 g/mol. The molecule has 0 aromatic heterocycles. The molecule has 6 nitrogen and oxygen atoms in total. The summed E-state index contributed by atoms with van der Waals surface area (Å²) in [7, 11) is 0. The number of carboxylic acids is 1. The second-order valence-electron chi connectivity index (χ2n) is 6.85. The molecule has 0 saturated carbocycles. The quantitative estimate of drug-likeness (QED) is 0.708. The zero-order valence-corrected chi connectivity index (χ0v) is 12.7. The van der Waals surface area contributed by atoms with Crippen LogP contribution in [-0.2, 0) is 4.79 Å². The Labute approximate surface area is 120 Å². The minimum atomic E-state index is -0.888. The maximum atomic E-state index is 12.2. The predicted molar refractivity (Wildman–Crippen MR) is 77.4 cm³/mol. The van der Waals surface area contributed by atoms with Crippen LogP contribution >= 0.6 is 0 Å². The fourth-order valence-corrected chi connectivity index (χ4v) is 2.60. The van der Waals surface area contributed by atoms with Crippen LogP contribution < -0.4 is 11.1 Å². The first kappa shape index (κ1) is 16.8. The van der Waals surface area contributed by atoms with E-state index in [2.05, 4.69) is 5.32 Å². The van der Waals surface area contributed by atoms with E-state index >= 15 is 0 Å². The summed E-state index contributed by atoms with van der Waals surface area (Å²) < 4.78 is 0. The Morgan fingerprint density at radius 3 is 2.55 bits per heavy atom. The Hall–Kier alpha value is -1.30. The van der Waals surface area contributed by atoms with Crippen LogP contribution in [0.5, 0.6) is 0 Å². The highest BCUT2D eigenvalue weighted by Gasteiger charge is 2.28. The highest BCUT2D eigenvalue weighted by Crippen LogP contribution is 2.23. The van der Waals surface area contributed by atoms with Crippen molar-refractivity contribution in [3.63, 3.8) is 0 Å². The van der Waals surface area contributed by atoms with Gasteiger partial charge in [0.15, 0.2) is 0 Å². The van der Waals surface area contributed by atoms with Crippen molar-refractivity contribution in [3.05, 3.63) is 0 Å². The van der Waals surface area contributed by atoms with Crippen LogP contribution in [0.1, 0.15) is 40.0 Å². The van der Waals surface area contributed by atoms with E-state index in [-0.39, 0.29) is 23.9 Å². The second kappa shape index (κ2) is 6.92. The van der Waals surface area contributed by atoms with Crippen LogP contribution in [0, 0.1) is 11.3 Å². The summed E-state index contributed by atoms with van der Waals surface area (Å²) in [6.45, 7) is 8.06. The number of rotatable bonds is 5. The lowest BCUT2D eigenvalue weighted by molar-refractivity contribution is -0.137. The van der Waals surface area contributed by atoms with Gasteiger partial charge in [0.2, 0.25) is 0 Å². The smallest absolute Gasteiger partial charge is 0.317 e. The molecule has 0 radical (unpaired) electrons. The van der Waals surface area contributed by atoms with Crippen molar-refractivity contribution < 1.29 is 14.7 Å². The number of hydrogen-bond acceptors (Lipinski definition) is 3. The van der Waals surface area contributed by atoms with Gasteiger partial charge in [-0.15, -0.1) is 0 Å². The Morgan fingerprint density at radius 2 is 2.10 bits per heavy atom. The van der Waals surface area contributed by atoms with Gasteiger partial charge in [-0.2, -0.15) is 0 Å². The average Bonchev–Trinajstić information content (AvgIpc) is 2.73. The van der Waals surface area contributed by atoms with Crippen LogP contribution in [0.4, 0.5) is 4.79 Å². The van der Waals surface area contributed by atoms with Crippen molar-refractivity contribution in [2.75, 3.05) is 19.6 Å². The molecule has 0 aromatic rings. The molecular formula is C14H27N3O3. The highest BCUT2D eigenvalue weighted by molar-refractivity contribution is 5.76. The van der Waals surface area contributed by atoms with Gasteiger partial charge in [0.25, 0.3) is 0 Å². The summed E-state index contributed by atoms with van der Waals surface area (Å²) >= 11 is 0. The molecule has 1 fully saturated rings. The fraction of sp³-hybridized carbons (Fsp3) is 0.857. The Balaban J connectivity index is 2.55. The SMILES string of the molecule is CC(C)(C)CC(CC(=O)O)NC(=O)N1CCC(CN)C1. The van der Waals surface area contributed by atoms with Gasteiger partial charge in [-0.25, -0.2) is 4.79 Å².